The van der Waals surface area contributed by atoms with Gasteiger partial charge in [0.2, 0.25) is 0 Å². The summed E-state index contributed by atoms with van der Waals surface area (Å²) in [5, 5.41) is 3.16. The molecule has 0 aliphatic carbocycles. The molecule has 3 rings (SSSR count). The molecule has 102 valence electrons. The van der Waals surface area contributed by atoms with Gasteiger partial charge in [0.1, 0.15) is 12.1 Å². The minimum absolute atomic E-state index is 0.834. The number of imidazole rings is 1. The van der Waals surface area contributed by atoms with E-state index < -0.39 is 0 Å². The van der Waals surface area contributed by atoms with Gasteiger partial charge in [-0.1, -0.05) is 0 Å². The second kappa shape index (κ2) is 5.06. The normalized spacial score (nSPS) is 11.2. The predicted octanol–water partition coefficient (Wildman–Crippen LogP) is 2.76. The molecular weight excluding hydrogens is 248 g/mol. The van der Waals surface area contributed by atoms with Crippen molar-refractivity contribution in [3.8, 4) is 5.82 Å². The van der Waals surface area contributed by atoms with Crippen molar-refractivity contribution in [2.24, 2.45) is 0 Å². The van der Waals surface area contributed by atoms with Crippen molar-refractivity contribution in [2.75, 3.05) is 7.05 Å². The molecule has 20 heavy (non-hydrogen) atoms. The maximum absolute atomic E-state index is 4.48. The van der Waals surface area contributed by atoms with Crippen molar-refractivity contribution in [3.63, 3.8) is 0 Å². The average molecular weight is 266 g/mol. The highest BCUT2D eigenvalue weighted by molar-refractivity contribution is 5.78. The first-order chi connectivity index (χ1) is 9.69. The maximum atomic E-state index is 4.48. The lowest BCUT2D eigenvalue weighted by atomic mass is 10.1. The summed E-state index contributed by atoms with van der Waals surface area (Å²) in [6.07, 6.45) is 3.68. The first kappa shape index (κ1) is 12.8. The van der Waals surface area contributed by atoms with Crippen LogP contribution in [0.15, 0.2) is 36.8 Å². The number of aryl methyl sites for hydroxylation is 2. The van der Waals surface area contributed by atoms with E-state index in [0.29, 0.717) is 0 Å². The van der Waals surface area contributed by atoms with Gasteiger partial charge in [-0.15, -0.1) is 0 Å². The molecule has 1 N–H and O–H groups in total. The van der Waals surface area contributed by atoms with Gasteiger partial charge in [-0.05, 0) is 61.9 Å². The van der Waals surface area contributed by atoms with Crippen LogP contribution in [0.25, 0.3) is 16.9 Å². The van der Waals surface area contributed by atoms with Gasteiger partial charge in [-0.2, -0.15) is 0 Å². The molecule has 2 aromatic heterocycles. The van der Waals surface area contributed by atoms with Crippen LogP contribution >= 0.6 is 0 Å². The zero-order valence-corrected chi connectivity index (χ0v) is 12.0. The van der Waals surface area contributed by atoms with Crippen LogP contribution in [-0.4, -0.2) is 21.6 Å². The molecule has 0 saturated carbocycles. The third kappa shape index (κ3) is 2.18. The third-order valence-corrected chi connectivity index (χ3v) is 3.60. The number of nitrogens with zero attached hydrogens (tertiary/aromatic N) is 3. The standard InChI is InChI=1S/C16H18N4/c1-11-6-14-15(7-12(11)2)20(10-19-14)16-8-13(9-17-3)4-5-18-16/h4-8,10,17H,9H2,1-3H3. The molecule has 0 saturated heterocycles. The van der Waals surface area contributed by atoms with E-state index in [1.807, 2.05) is 30.2 Å². The molecule has 0 unspecified atom stereocenters. The summed E-state index contributed by atoms with van der Waals surface area (Å²) in [5.41, 5.74) is 5.85. The van der Waals surface area contributed by atoms with E-state index in [-0.39, 0.29) is 0 Å². The number of hydrogen-bond acceptors (Lipinski definition) is 3. The lowest BCUT2D eigenvalue weighted by molar-refractivity contribution is 0.813. The summed E-state index contributed by atoms with van der Waals surface area (Å²) >= 11 is 0. The van der Waals surface area contributed by atoms with Crippen molar-refractivity contribution in [2.45, 2.75) is 20.4 Å². The molecule has 0 atom stereocenters. The third-order valence-electron chi connectivity index (χ3n) is 3.60. The van der Waals surface area contributed by atoms with Gasteiger partial charge in [0.15, 0.2) is 0 Å². The maximum Gasteiger partial charge on any atom is 0.138 e. The fourth-order valence-electron chi connectivity index (χ4n) is 2.35. The second-order valence-electron chi connectivity index (χ2n) is 5.09. The Hall–Kier alpha value is -2.20. The van der Waals surface area contributed by atoms with Crippen LogP contribution in [0.5, 0.6) is 0 Å². The van der Waals surface area contributed by atoms with Crippen LogP contribution in [0, 0.1) is 13.8 Å². The fraction of sp³-hybridized carbons (Fsp3) is 0.250. The number of nitrogens with one attached hydrogen (secondary N) is 1. The molecule has 0 aliphatic heterocycles. The summed E-state index contributed by atoms with van der Waals surface area (Å²) in [5.74, 6) is 0.906. The quantitative estimate of drug-likeness (QED) is 0.792. The van der Waals surface area contributed by atoms with E-state index in [0.717, 1.165) is 23.4 Å². The Morgan fingerprint density at radius 3 is 2.70 bits per heavy atom. The molecule has 0 radical (unpaired) electrons. The molecular formula is C16H18N4. The van der Waals surface area contributed by atoms with Crippen LogP contribution in [0.3, 0.4) is 0 Å². The van der Waals surface area contributed by atoms with E-state index in [2.05, 4.69) is 47.3 Å². The highest BCUT2D eigenvalue weighted by atomic mass is 15.1. The zero-order chi connectivity index (χ0) is 14.1. The van der Waals surface area contributed by atoms with Crippen molar-refractivity contribution in [1.29, 1.82) is 0 Å². The number of pyridine rings is 1. The monoisotopic (exact) mass is 266 g/mol. The Balaban J connectivity index is 2.14. The molecule has 4 nitrogen and oxygen atoms in total. The number of benzene rings is 1. The molecule has 2 heterocycles. The lowest BCUT2D eigenvalue weighted by Crippen LogP contribution is -2.06. The molecule has 0 aliphatic rings. The van der Waals surface area contributed by atoms with Crippen LogP contribution < -0.4 is 5.32 Å². The van der Waals surface area contributed by atoms with Gasteiger partial charge in [0.25, 0.3) is 0 Å². The summed E-state index contributed by atoms with van der Waals surface area (Å²) in [7, 11) is 1.94. The van der Waals surface area contributed by atoms with E-state index in [9.17, 15) is 0 Å². The molecule has 0 amide bonds. The zero-order valence-electron chi connectivity index (χ0n) is 12.0. The van der Waals surface area contributed by atoms with Crippen LogP contribution in [-0.2, 0) is 6.54 Å². The van der Waals surface area contributed by atoms with Crippen LogP contribution in [0.2, 0.25) is 0 Å². The fourth-order valence-corrected chi connectivity index (χ4v) is 2.35. The Labute approximate surface area is 118 Å². The van der Waals surface area contributed by atoms with Gasteiger partial charge in [-0.3, -0.25) is 4.57 Å². The van der Waals surface area contributed by atoms with Gasteiger partial charge < -0.3 is 5.32 Å². The summed E-state index contributed by atoms with van der Waals surface area (Å²) in [6.45, 7) is 5.07. The van der Waals surface area contributed by atoms with Crippen molar-refractivity contribution >= 4 is 11.0 Å². The van der Waals surface area contributed by atoms with Crippen molar-refractivity contribution in [3.05, 3.63) is 53.5 Å². The van der Waals surface area contributed by atoms with E-state index in [1.54, 1.807) is 0 Å². The largest absolute Gasteiger partial charge is 0.316 e. The van der Waals surface area contributed by atoms with Crippen LogP contribution in [0.1, 0.15) is 16.7 Å². The highest BCUT2D eigenvalue weighted by Gasteiger charge is 2.08. The van der Waals surface area contributed by atoms with Gasteiger partial charge in [0, 0.05) is 12.7 Å². The molecule has 4 heteroatoms. The van der Waals surface area contributed by atoms with Gasteiger partial charge in [-0.25, -0.2) is 9.97 Å². The Bertz CT molecular complexity index is 758. The molecule has 1 aromatic carbocycles. The van der Waals surface area contributed by atoms with Gasteiger partial charge >= 0.3 is 0 Å². The average Bonchev–Trinajstić information content (AvgIpc) is 2.83. The second-order valence-corrected chi connectivity index (χ2v) is 5.09. The van der Waals surface area contributed by atoms with Crippen molar-refractivity contribution < 1.29 is 0 Å². The summed E-state index contributed by atoms with van der Waals surface area (Å²) in [4.78, 5) is 8.94. The minimum atomic E-state index is 0.834. The molecule has 0 bridgehead atoms. The smallest absolute Gasteiger partial charge is 0.138 e. The highest BCUT2D eigenvalue weighted by Crippen LogP contribution is 2.21. The Morgan fingerprint density at radius 2 is 1.90 bits per heavy atom. The van der Waals surface area contributed by atoms with Crippen LogP contribution in [0.4, 0.5) is 0 Å². The SMILES string of the molecule is CNCc1ccnc(-n2cnc3cc(C)c(C)cc32)c1. The number of rotatable bonds is 3. The van der Waals surface area contributed by atoms with E-state index >= 15 is 0 Å². The van der Waals surface area contributed by atoms with E-state index in [4.69, 9.17) is 0 Å². The Morgan fingerprint density at radius 1 is 1.10 bits per heavy atom. The minimum Gasteiger partial charge on any atom is -0.316 e. The number of fused-ring (bicyclic) bond motifs is 1. The lowest BCUT2D eigenvalue weighted by Gasteiger charge is -2.07. The van der Waals surface area contributed by atoms with Crippen molar-refractivity contribution in [1.82, 2.24) is 19.9 Å². The molecule has 0 fully saturated rings. The first-order valence-electron chi connectivity index (χ1n) is 6.73. The first-order valence-corrected chi connectivity index (χ1v) is 6.73. The topological polar surface area (TPSA) is 42.7 Å². The summed E-state index contributed by atoms with van der Waals surface area (Å²) < 4.78 is 2.04. The molecule has 0 spiro atoms. The van der Waals surface area contributed by atoms with E-state index in [1.165, 1.54) is 16.7 Å². The Kier molecular flexibility index (Phi) is 3.24. The predicted molar refractivity (Wildman–Crippen MR) is 81.1 cm³/mol. The summed E-state index contributed by atoms with van der Waals surface area (Å²) in [6, 6.07) is 8.41. The number of aromatic nitrogens is 3. The number of hydrogen-bond donors (Lipinski definition) is 1. The van der Waals surface area contributed by atoms with Gasteiger partial charge in [0.05, 0.1) is 11.0 Å². The molecule has 3 aromatic rings.